The second kappa shape index (κ2) is 16.0. The SMILES string of the molecule is O.O.O=P(O)(O)CCP(=O)(O)OO.O=P(O)(O)O.[CaH2].[Zn]. The smallest absolute Gasteiger partial charge is 0 e. The van der Waals surface area contributed by atoms with Gasteiger partial charge >= 0.3 is 60.8 Å². The molecule has 122 valence electrons. The molecular weight excluding hydrogens is 430 g/mol. The van der Waals surface area contributed by atoms with Crippen molar-refractivity contribution in [2.45, 2.75) is 0 Å². The first-order chi connectivity index (χ1) is 6.77. The van der Waals surface area contributed by atoms with Gasteiger partial charge in [0.2, 0.25) is 0 Å². The zero-order valence-electron chi connectivity index (χ0n) is 9.23. The van der Waals surface area contributed by atoms with Crippen LogP contribution in [-0.4, -0.2) is 95.6 Å². The minimum atomic E-state index is -4.64. The number of rotatable bonds is 4. The van der Waals surface area contributed by atoms with Gasteiger partial charge in [0.25, 0.3) is 0 Å². The molecule has 0 saturated carbocycles. The largest absolute Gasteiger partial charge is 0 e. The molecule has 11 N–H and O–H groups in total. The second-order valence-electron chi connectivity index (χ2n) is 2.34. The topological polar surface area (TPSA) is 265 Å². The Hall–Kier alpha value is 2.17. The molecule has 0 heterocycles. The molecule has 0 fully saturated rings. The van der Waals surface area contributed by atoms with Crippen LogP contribution in [0, 0.1) is 0 Å². The first kappa shape index (κ1) is 38.0. The summed E-state index contributed by atoms with van der Waals surface area (Å²) in [6.07, 6.45) is -1.56. The van der Waals surface area contributed by atoms with E-state index in [1.165, 1.54) is 0 Å². The summed E-state index contributed by atoms with van der Waals surface area (Å²) in [6.45, 7) is 0. The summed E-state index contributed by atoms with van der Waals surface area (Å²) in [5, 5.41) is 7.72. The maximum Gasteiger partial charge on any atom is 0 e. The fourth-order valence-corrected chi connectivity index (χ4v) is 2.43. The first-order valence-corrected chi connectivity index (χ1v) is 8.37. The molecule has 0 aliphatic carbocycles. The Balaban J connectivity index is -0.0000000482. The van der Waals surface area contributed by atoms with E-state index in [0.717, 1.165) is 0 Å². The molecule has 0 saturated heterocycles. The predicted octanol–water partition coefficient (Wildman–Crippen LogP) is -3.66. The number of hydrogen-bond donors (Lipinski definition) is 7. The molecule has 20 heavy (non-hydrogen) atoms. The van der Waals surface area contributed by atoms with Crippen molar-refractivity contribution in [2.24, 2.45) is 0 Å². The van der Waals surface area contributed by atoms with Crippen molar-refractivity contribution in [3.63, 3.8) is 0 Å². The minimum absolute atomic E-state index is 0. The van der Waals surface area contributed by atoms with E-state index in [1.54, 1.807) is 0 Å². The van der Waals surface area contributed by atoms with E-state index in [9.17, 15) is 9.13 Å². The van der Waals surface area contributed by atoms with E-state index >= 15 is 0 Å². The molecule has 0 bridgehead atoms. The van der Waals surface area contributed by atoms with Crippen molar-refractivity contribution in [1.29, 1.82) is 0 Å². The third kappa shape index (κ3) is 50.0. The van der Waals surface area contributed by atoms with Gasteiger partial charge in [0.15, 0.2) is 0 Å². The maximum atomic E-state index is 10.4. The summed E-state index contributed by atoms with van der Waals surface area (Å²) >= 11 is 0. The van der Waals surface area contributed by atoms with Crippen molar-refractivity contribution >= 4 is 60.8 Å². The molecule has 1 atom stereocenters. The third-order valence-electron chi connectivity index (χ3n) is 0.801. The molecule has 18 heteroatoms. The van der Waals surface area contributed by atoms with Gasteiger partial charge in [-0.1, -0.05) is 0 Å². The van der Waals surface area contributed by atoms with Crippen LogP contribution in [0.25, 0.3) is 0 Å². The molecule has 1 unspecified atom stereocenters. The maximum absolute atomic E-state index is 10.4. The Morgan fingerprint density at radius 1 is 0.800 bits per heavy atom. The van der Waals surface area contributed by atoms with Gasteiger partial charge in [-0.25, -0.2) is 9.82 Å². The van der Waals surface area contributed by atoms with E-state index in [4.69, 9.17) is 39.2 Å². The zero-order valence-corrected chi connectivity index (χ0v) is 14.9. The Morgan fingerprint density at radius 2 is 1.05 bits per heavy atom. The minimum Gasteiger partial charge on any atom is 0 e. The molecular formula is C2H17CaO13P3Zn. The monoisotopic (exact) mass is 446 g/mol. The molecule has 0 aromatic rings. The summed E-state index contributed by atoms with van der Waals surface area (Å²) in [5.41, 5.74) is 0. The van der Waals surface area contributed by atoms with Crippen LogP contribution in [0.2, 0.25) is 0 Å². The van der Waals surface area contributed by atoms with Gasteiger partial charge in [-0.3, -0.25) is 9.13 Å². The molecule has 0 amide bonds. The van der Waals surface area contributed by atoms with Crippen LogP contribution in [-0.2, 0) is 37.8 Å². The zero-order chi connectivity index (χ0) is 13.6. The van der Waals surface area contributed by atoms with Gasteiger partial charge in [-0.05, 0) is 0 Å². The average molecular weight is 448 g/mol. The van der Waals surface area contributed by atoms with Crippen molar-refractivity contribution in [3.8, 4) is 0 Å². The fraction of sp³-hybridized carbons (Fsp3) is 1.00. The van der Waals surface area contributed by atoms with Crippen LogP contribution in [0.4, 0.5) is 0 Å². The van der Waals surface area contributed by atoms with Crippen LogP contribution in [0.3, 0.4) is 0 Å². The Kier molecular flexibility index (Phi) is 30.5. The van der Waals surface area contributed by atoms with Gasteiger partial charge in [0, 0.05) is 19.5 Å². The molecule has 0 aliphatic heterocycles. The first-order valence-electron chi connectivity index (χ1n) is 3.25. The van der Waals surface area contributed by atoms with Crippen molar-refractivity contribution in [2.75, 3.05) is 12.3 Å². The number of hydrogen-bond acceptors (Lipinski definition) is 5. The van der Waals surface area contributed by atoms with Crippen LogP contribution in [0.15, 0.2) is 0 Å². The Labute approximate surface area is 155 Å². The quantitative estimate of drug-likeness (QED) is 0.0954. The van der Waals surface area contributed by atoms with Crippen molar-refractivity contribution < 1.29 is 83.4 Å². The van der Waals surface area contributed by atoms with Crippen LogP contribution >= 0.6 is 23.0 Å². The third-order valence-corrected chi connectivity index (χ3v) is 3.00. The van der Waals surface area contributed by atoms with Crippen LogP contribution in [0.5, 0.6) is 0 Å². The fourth-order valence-electron chi connectivity index (χ4n) is 0.297. The van der Waals surface area contributed by atoms with E-state index in [0.29, 0.717) is 0 Å². The van der Waals surface area contributed by atoms with Crippen molar-refractivity contribution in [1.82, 2.24) is 0 Å². The van der Waals surface area contributed by atoms with Gasteiger partial charge < -0.3 is 40.3 Å². The van der Waals surface area contributed by atoms with Crippen molar-refractivity contribution in [3.05, 3.63) is 0 Å². The summed E-state index contributed by atoms with van der Waals surface area (Å²) in [7, 11) is -13.1. The van der Waals surface area contributed by atoms with Gasteiger partial charge in [0.05, 0.1) is 12.3 Å². The van der Waals surface area contributed by atoms with E-state index in [-0.39, 0.29) is 68.2 Å². The summed E-state index contributed by atoms with van der Waals surface area (Å²) < 4.78 is 32.5. The van der Waals surface area contributed by atoms with Crippen LogP contribution < -0.4 is 0 Å². The normalized spacial score (nSPS) is 12.8. The Morgan fingerprint density at radius 3 is 1.20 bits per heavy atom. The second-order valence-corrected chi connectivity index (χ2v) is 7.03. The van der Waals surface area contributed by atoms with Crippen LogP contribution in [0.1, 0.15) is 0 Å². The summed E-state index contributed by atoms with van der Waals surface area (Å²) in [4.78, 5) is 46.4. The van der Waals surface area contributed by atoms with E-state index in [2.05, 4.69) is 4.67 Å². The van der Waals surface area contributed by atoms with E-state index in [1.807, 2.05) is 0 Å². The van der Waals surface area contributed by atoms with Gasteiger partial charge in [-0.15, -0.1) is 0 Å². The molecule has 0 aromatic heterocycles. The van der Waals surface area contributed by atoms with Gasteiger partial charge in [0.1, 0.15) is 0 Å². The van der Waals surface area contributed by atoms with E-state index < -0.39 is 35.3 Å². The predicted molar refractivity (Wildman–Crippen MR) is 65.4 cm³/mol. The molecule has 0 spiro atoms. The summed E-state index contributed by atoms with van der Waals surface area (Å²) in [6, 6.07) is 0. The van der Waals surface area contributed by atoms with Gasteiger partial charge in [-0.2, -0.15) is 4.67 Å². The molecule has 13 nitrogen and oxygen atoms in total. The summed E-state index contributed by atoms with van der Waals surface area (Å²) in [5.74, 6) is 0. The number of phosphoric acid groups is 1. The molecule has 0 aliphatic rings. The molecule has 0 radical (unpaired) electrons. The standard InChI is InChI=1S/C2H8O7P2.Ca.H3O4P.2H2O.Zn.2H/c3-9-11(7,8)2-1-10(4,5)6;;1-5(2,3)4;;;;;/h3H,1-2H2,(H,7,8)(H2,4,5,6);;(H3,1,2,3,4);2*1H2;;;. The molecule has 0 rings (SSSR count). The molecule has 0 aromatic carbocycles. The average Bonchev–Trinajstić information content (AvgIpc) is 1.97. The Bertz CT molecular complexity index is 326.